The van der Waals surface area contributed by atoms with Crippen LogP contribution in [0.1, 0.15) is 10.4 Å². The summed E-state index contributed by atoms with van der Waals surface area (Å²) in [6, 6.07) is 11.1. The van der Waals surface area contributed by atoms with Gasteiger partial charge in [0, 0.05) is 15.7 Å². The van der Waals surface area contributed by atoms with Crippen molar-refractivity contribution in [3.63, 3.8) is 0 Å². The summed E-state index contributed by atoms with van der Waals surface area (Å²) in [5.41, 5.74) is 1.15. The molecule has 3 rings (SSSR count). The molecule has 0 unspecified atom stereocenters. The summed E-state index contributed by atoms with van der Waals surface area (Å²) >= 11 is 3.21. The van der Waals surface area contributed by atoms with Crippen LogP contribution in [0.25, 0.3) is 11.4 Å². The van der Waals surface area contributed by atoms with Gasteiger partial charge in [-0.3, -0.25) is 4.79 Å². The number of H-pyrrole nitrogens is 1. The number of hydrogen-bond donors (Lipinski definition) is 2. The number of halogens is 2. The first-order chi connectivity index (χ1) is 10.6. The molecule has 0 radical (unpaired) electrons. The molecule has 0 saturated carbocycles. The molecule has 0 aliphatic heterocycles. The zero-order valence-corrected chi connectivity index (χ0v) is 12.6. The molecule has 0 bridgehead atoms. The Bertz CT molecular complexity index is 822. The topological polar surface area (TPSA) is 83.6 Å². The molecule has 3 aromatic rings. The van der Waals surface area contributed by atoms with E-state index in [1.165, 1.54) is 18.2 Å². The molecule has 2 aromatic carbocycles. The largest absolute Gasteiger partial charge is 0.322 e. The lowest BCUT2D eigenvalue weighted by Crippen LogP contribution is -2.13. The first-order valence-corrected chi connectivity index (χ1v) is 7.03. The summed E-state index contributed by atoms with van der Waals surface area (Å²) in [6.07, 6.45) is 0. The van der Waals surface area contributed by atoms with E-state index in [9.17, 15) is 9.18 Å². The van der Waals surface area contributed by atoms with Gasteiger partial charge in [0.1, 0.15) is 5.82 Å². The first-order valence-electron chi connectivity index (χ1n) is 6.24. The number of carbonyl (C=O) groups is 1. The normalized spacial score (nSPS) is 10.5. The Morgan fingerprint density at radius 3 is 2.86 bits per heavy atom. The summed E-state index contributed by atoms with van der Waals surface area (Å²) in [7, 11) is 0. The molecule has 0 saturated heterocycles. The number of rotatable bonds is 3. The lowest BCUT2D eigenvalue weighted by Gasteiger charge is -2.07. The fraction of sp³-hybridized carbons (Fsp3) is 0. The Morgan fingerprint density at radius 2 is 2.09 bits per heavy atom. The average Bonchev–Trinajstić information content (AvgIpc) is 3.04. The zero-order valence-electron chi connectivity index (χ0n) is 11.0. The smallest absolute Gasteiger partial charge is 0.258 e. The first kappa shape index (κ1) is 14.3. The van der Waals surface area contributed by atoms with Crippen molar-refractivity contribution in [2.45, 2.75) is 0 Å². The monoisotopic (exact) mass is 361 g/mol. The number of carbonyl (C=O) groups excluding carboxylic acids is 1. The van der Waals surface area contributed by atoms with Gasteiger partial charge in [-0.15, -0.1) is 10.2 Å². The predicted octanol–water partition coefficient (Wildman–Crippen LogP) is 3.02. The highest BCUT2D eigenvalue weighted by Crippen LogP contribution is 2.20. The Balaban J connectivity index is 1.85. The highest BCUT2D eigenvalue weighted by atomic mass is 79.9. The molecule has 1 heterocycles. The van der Waals surface area contributed by atoms with Gasteiger partial charge >= 0.3 is 0 Å². The molecule has 1 amide bonds. The third-order valence-corrected chi connectivity index (χ3v) is 3.39. The average molecular weight is 362 g/mol. The summed E-state index contributed by atoms with van der Waals surface area (Å²) in [5, 5.41) is 16.2. The van der Waals surface area contributed by atoms with Gasteiger partial charge in [0.15, 0.2) is 0 Å². The molecule has 0 atom stereocenters. The van der Waals surface area contributed by atoms with E-state index in [1.807, 2.05) is 0 Å². The second-order valence-corrected chi connectivity index (χ2v) is 5.31. The molecular weight excluding hydrogens is 353 g/mol. The van der Waals surface area contributed by atoms with E-state index in [2.05, 4.69) is 41.9 Å². The Morgan fingerprint density at radius 1 is 1.23 bits per heavy atom. The van der Waals surface area contributed by atoms with E-state index in [4.69, 9.17) is 0 Å². The third-order valence-electron chi connectivity index (χ3n) is 2.90. The zero-order chi connectivity index (χ0) is 15.5. The van der Waals surface area contributed by atoms with Gasteiger partial charge in [0.05, 0.1) is 5.56 Å². The standard InChI is InChI=1S/C14H9BrFN5O/c15-9-4-5-12(16)11(7-9)14(22)17-10-3-1-2-8(6-10)13-18-20-21-19-13/h1-7H,(H,17,22)(H,18,19,20,21). The van der Waals surface area contributed by atoms with Gasteiger partial charge in [-0.1, -0.05) is 28.1 Å². The highest BCUT2D eigenvalue weighted by Gasteiger charge is 2.13. The summed E-state index contributed by atoms with van der Waals surface area (Å²) < 4.78 is 14.3. The van der Waals surface area contributed by atoms with Crippen molar-refractivity contribution in [1.82, 2.24) is 20.6 Å². The summed E-state index contributed by atoms with van der Waals surface area (Å²) in [4.78, 5) is 12.2. The molecule has 8 heteroatoms. The number of amides is 1. The maximum absolute atomic E-state index is 13.7. The van der Waals surface area contributed by atoms with E-state index in [1.54, 1.807) is 24.3 Å². The van der Waals surface area contributed by atoms with Crippen molar-refractivity contribution in [1.29, 1.82) is 0 Å². The number of nitrogens with one attached hydrogen (secondary N) is 2. The molecule has 0 spiro atoms. The fourth-order valence-electron chi connectivity index (χ4n) is 1.89. The van der Waals surface area contributed by atoms with E-state index in [0.29, 0.717) is 21.5 Å². The van der Waals surface area contributed by atoms with Crippen molar-refractivity contribution in [2.75, 3.05) is 5.32 Å². The van der Waals surface area contributed by atoms with Crippen LogP contribution in [0.3, 0.4) is 0 Å². The minimum absolute atomic E-state index is 0.0423. The Labute approximate surface area is 132 Å². The molecule has 110 valence electrons. The molecule has 0 aliphatic rings. The SMILES string of the molecule is O=C(Nc1cccc(-c2nn[nH]n2)c1)c1cc(Br)ccc1F. The van der Waals surface area contributed by atoms with Crippen LogP contribution < -0.4 is 5.32 Å². The van der Waals surface area contributed by atoms with Crippen LogP contribution in [0, 0.1) is 5.82 Å². The van der Waals surface area contributed by atoms with Crippen molar-refractivity contribution in [2.24, 2.45) is 0 Å². The predicted molar refractivity (Wildman–Crippen MR) is 81.7 cm³/mol. The summed E-state index contributed by atoms with van der Waals surface area (Å²) in [5.74, 6) is -0.719. The number of hydrogen-bond acceptors (Lipinski definition) is 4. The van der Waals surface area contributed by atoms with Crippen molar-refractivity contribution >= 4 is 27.5 Å². The van der Waals surface area contributed by atoms with Gasteiger partial charge < -0.3 is 5.32 Å². The lowest BCUT2D eigenvalue weighted by molar-refractivity contribution is 0.102. The van der Waals surface area contributed by atoms with E-state index < -0.39 is 11.7 Å². The van der Waals surface area contributed by atoms with Crippen LogP contribution in [0.2, 0.25) is 0 Å². The highest BCUT2D eigenvalue weighted by molar-refractivity contribution is 9.10. The number of tetrazole rings is 1. The number of aromatic amines is 1. The van der Waals surface area contributed by atoms with Crippen molar-refractivity contribution in [3.8, 4) is 11.4 Å². The molecule has 0 fully saturated rings. The number of nitrogens with zero attached hydrogens (tertiary/aromatic N) is 3. The van der Waals surface area contributed by atoms with Gasteiger partial charge in [-0.05, 0) is 35.5 Å². The van der Waals surface area contributed by atoms with Crippen molar-refractivity contribution in [3.05, 3.63) is 58.3 Å². The van der Waals surface area contributed by atoms with Crippen LogP contribution in [0.4, 0.5) is 10.1 Å². The minimum atomic E-state index is -0.588. The Kier molecular flexibility index (Phi) is 3.92. The lowest BCUT2D eigenvalue weighted by atomic mass is 10.1. The van der Waals surface area contributed by atoms with E-state index in [0.717, 1.165) is 0 Å². The second-order valence-electron chi connectivity index (χ2n) is 4.39. The summed E-state index contributed by atoms with van der Waals surface area (Å²) in [6.45, 7) is 0. The third kappa shape index (κ3) is 3.01. The van der Waals surface area contributed by atoms with Crippen molar-refractivity contribution < 1.29 is 9.18 Å². The van der Waals surface area contributed by atoms with Gasteiger partial charge in [-0.2, -0.15) is 5.21 Å². The van der Waals surface area contributed by atoms with E-state index in [-0.39, 0.29) is 5.56 Å². The number of benzene rings is 2. The van der Waals surface area contributed by atoms with Crippen LogP contribution in [0.5, 0.6) is 0 Å². The molecule has 1 aromatic heterocycles. The molecule has 0 aliphatic carbocycles. The number of anilines is 1. The molecule has 2 N–H and O–H groups in total. The van der Waals surface area contributed by atoms with E-state index >= 15 is 0 Å². The molecule has 22 heavy (non-hydrogen) atoms. The van der Waals surface area contributed by atoms with Crippen LogP contribution in [-0.2, 0) is 0 Å². The van der Waals surface area contributed by atoms with Crippen LogP contribution in [0.15, 0.2) is 46.9 Å². The Hall–Kier alpha value is -2.61. The molecule has 6 nitrogen and oxygen atoms in total. The van der Waals surface area contributed by atoms with Gasteiger partial charge in [0.2, 0.25) is 5.82 Å². The minimum Gasteiger partial charge on any atom is -0.322 e. The second kappa shape index (κ2) is 6.02. The maximum atomic E-state index is 13.7. The van der Waals surface area contributed by atoms with Gasteiger partial charge in [0.25, 0.3) is 5.91 Å². The van der Waals surface area contributed by atoms with Gasteiger partial charge in [-0.25, -0.2) is 4.39 Å². The quantitative estimate of drug-likeness (QED) is 0.750. The number of aromatic nitrogens is 4. The fourth-order valence-corrected chi connectivity index (χ4v) is 2.25. The van der Waals surface area contributed by atoms with Crippen LogP contribution in [-0.4, -0.2) is 26.5 Å². The molecular formula is C14H9BrFN5O. The van der Waals surface area contributed by atoms with Crippen LogP contribution >= 0.6 is 15.9 Å². The maximum Gasteiger partial charge on any atom is 0.258 e.